The van der Waals surface area contributed by atoms with Crippen LogP contribution in [0.2, 0.25) is 0 Å². The number of halogens is 1. The van der Waals surface area contributed by atoms with E-state index in [0.717, 1.165) is 5.69 Å². The molecule has 0 fully saturated rings. The van der Waals surface area contributed by atoms with Crippen LogP contribution in [0.25, 0.3) is 0 Å². The molecule has 1 aromatic rings. The highest BCUT2D eigenvalue weighted by molar-refractivity contribution is 5.69. The molecule has 0 aliphatic heterocycles. The molecule has 5 heteroatoms. The predicted molar refractivity (Wildman–Crippen MR) is 62.7 cm³/mol. The van der Waals surface area contributed by atoms with Crippen molar-refractivity contribution < 1.29 is 18.7 Å². The highest BCUT2D eigenvalue weighted by atomic mass is 19.1. The monoisotopic (exact) mass is 241 g/mol. The lowest BCUT2D eigenvalue weighted by molar-refractivity contribution is -0.140. The van der Waals surface area contributed by atoms with Crippen molar-refractivity contribution in [3.63, 3.8) is 0 Å². The molecule has 94 valence electrons. The van der Waals surface area contributed by atoms with E-state index < -0.39 is 5.82 Å². The van der Waals surface area contributed by atoms with Crippen molar-refractivity contribution >= 4 is 11.7 Å². The number of methoxy groups -OCH3 is 2. The number of hydrogen-bond acceptors (Lipinski definition) is 4. The summed E-state index contributed by atoms with van der Waals surface area (Å²) >= 11 is 0. The lowest BCUT2D eigenvalue weighted by Gasteiger charge is -2.08. The summed E-state index contributed by atoms with van der Waals surface area (Å²) in [5.41, 5.74) is 0.758. The average molecular weight is 241 g/mol. The van der Waals surface area contributed by atoms with Gasteiger partial charge in [-0.1, -0.05) is 0 Å². The van der Waals surface area contributed by atoms with E-state index in [1.807, 2.05) is 0 Å². The van der Waals surface area contributed by atoms with Gasteiger partial charge in [0.25, 0.3) is 0 Å². The first-order valence-electron chi connectivity index (χ1n) is 5.31. The van der Waals surface area contributed by atoms with E-state index in [1.165, 1.54) is 20.3 Å². The number of rotatable bonds is 6. The first-order chi connectivity index (χ1) is 8.17. The number of benzene rings is 1. The number of anilines is 1. The van der Waals surface area contributed by atoms with Crippen LogP contribution in [0.5, 0.6) is 5.75 Å². The molecule has 0 saturated heterocycles. The van der Waals surface area contributed by atoms with Crippen LogP contribution in [0, 0.1) is 5.82 Å². The minimum atomic E-state index is -0.396. The first-order valence-corrected chi connectivity index (χ1v) is 5.31. The summed E-state index contributed by atoms with van der Waals surface area (Å²) in [6.07, 6.45) is 1.02. The van der Waals surface area contributed by atoms with Crippen LogP contribution in [0.1, 0.15) is 12.8 Å². The molecule has 0 saturated carbocycles. The van der Waals surface area contributed by atoms with Gasteiger partial charge in [-0.05, 0) is 18.6 Å². The van der Waals surface area contributed by atoms with Gasteiger partial charge in [0.05, 0.1) is 14.2 Å². The Kier molecular flexibility index (Phi) is 5.26. The van der Waals surface area contributed by atoms with Crippen LogP contribution in [0.4, 0.5) is 10.1 Å². The van der Waals surface area contributed by atoms with Crippen molar-refractivity contribution in [2.75, 3.05) is 26.1 Å². The molecule has 1 rings (SSSR count). The standard InChI is InChI=1S/C12H16FNO3/c1-16-11-8-9(5-6-10(11)13)14-7-3-4-12(15)17-2/h5-6,8,14H,3-4,7H2,1-2H3. The van der Waals surface area contributed by atoms with E-state index in [1.54, 1.807) is 12.1 Å². The van der Waals surface area contributed by atoms with Crippen molar-refractivity contribution in [1.29, 1.82) is 0 Å². The van der Waals surface area contributed by atoms with E-state index >= 15 is 0 Å². The van der Waals surface area contributed by atoms with E-state index in [4.69, 9.17) is 4.74 Å². The molecular formula is C12H16FNO3. The van der Waals surface area contributed by atoms with E-state index in [0.29, 0.717) is 19.4 Å². The fourth-order valence-corrected chi connectivity index (χ4v) is 1.34. The molecule has 4 nitrogen and oxygen atoms in total. The minimum absolute atomic E-state index is 0.197. The number of esters is 1. The third-order valence-electron chi connectivity index (χ3n) is 2.27. The van der Waals surface area contributed by atoms with E-state index in [2.05, 4.69) is 10.1 Å². The van der Waals surface area contributed by atoms with Crippen LogP contribution in [-0.2, 0) is 9.53 Å². The Labute approximate surface area is 99.7 Å². The van der Waals surface area contributed by atoms with Crippen molar-refractivity contribution in [2.45, 2.75) is 12.8 Å². The summed E-state index contributed by atoms with van der Waals surface area (Å²) in [4.78, 5) is 10.8. The van der Waals surface area contributed by atoms with Gasteiger partial charge in [0.15, 0.2) is 11.6 Å². The second-order valence-corrected chi connectivity index (χ2v) is 3.46. The Morgan fingerprint density at radius 3 is 2.82 bits per heavy atom. The Morgan fingerprint density at radius 1 is 1.41 bits per heavy atom. The number of hydrogen-bond donors (Lipinski definition) is 1. The fraction of sp³-hybridized carbons (Fsp3) is 0.417. The number of carbonyl (C=O) groups excluding carboxylic acids is 1. The molecule has 0 unspecified atom stereocenters. The average Bonchev–Trinajstić information content (AvgIpc) is 2.36. The van der Waals surface area contributed by atoms with Crippen molar-refractivity contribution in [1.82, 2.24) is 0 Å². The predicted octanol–water partition coefficient (Wildman–Crippen LogP) is 2.20. The van der Waals surface area contributed by atoms with Crippen molar-refractivity contribution in [3.8, 4) is 5.75 Å². The molecule has 0 aromatic heterocycles. The topological polar surface area (TPSA) is 47.6 Å². The summed E-state index contributed by atoms with van der Waals surface area (Å²) in [5, 5.41) is 3.07. The van der Waals surface area contributed by atoms with Crippen LogP contribution >= 0.6 is 0 Å². The SMILES string of the molecule is COC(=O)CCCNc1ccc(F)c(OC)c1. The Balaban J connectivity index is 2.39. The zero-order valence-corrected chi connectivity index (χ0v) is 9.96. The normalized spacial score (nSPS) is 9.82. The Bertz CT molecular complexity index is 382. The number of ether oxygens (including phenoxy) is 2. The molecule has 0 bridgehead atoms. The lowest BCUT2D eigenvalue weighted by atomic mass is 10.2. The van der Waals surface area contributed by atoms with Gasteiger partial charge < -0.3 is 14.8 Å². The summed E-state index contributed by atoms with van der Waals surface area (Å²) < 4.78 is 22.5. The maximum Gasteiger partial charge on any atom is 0.305 e. The molecule has 0 radical (unpaired) electrons. The number of nitrogens with one attached hydrogen (secondary N) is 1. The molecular weight excluding hydrogens is 225 g/mol. The Hall–Kier alpha value is -1.78. The van der Waals surface area contributed by atoms with Gasteiger partial charge in [0.1, 0.15) is 0 Å². The van der Waals surface area contributed by atoms with Crippen molar-refractivity contribution in [2.24, 2.45) is 0 Å². The van der Waals surface area contributed by atoms with Gasteiger partial charge in [-0.25, -0.2) is 4.39 Å². The molecule has 0 spiro atoms. The molecule has 1 N–H and O–H groups in total. The molecule has 17 heavy (non-hydrogen) atoms. The molecule has 0 heterocycles. The third kappa shape index (κ3) is 4.30. The maximum atomic E-state index is 13.1. The highest BCUT2D eigenvalue weighted by Crippen LogP contribution is 2.21. The summed E-state index contributed by atoms with van der Waals surface area (Å²) in [6, 6.07) is 4.53. The van der Waals surface area contributed by atoms with Crippen LogP contribution in [-0.4, -0.2) is 26.7 Å². The zero-order chi connectivity index (χ0) is 12.7. The molecule has 0 aliphatic rings. The molecule has 0 aliphatic carbocycles. The first kappa shape index (κ1) is 13.3. The van der Waals surface area contributed by atoms with E-state index in [-0.39, 0.29) is 11.7 Å². The van der Waals surface area contributed by atoms with Crippen molar-refractivity contribution in [3.05, 3.63) is 24.0 Å². The van der Waals surface area contributed by atoms with Gasteiger partial charge in [0.2, 0.25) is 0 Å². The largest absolute Gasteiger partial charge is 0.494 e. The third-order valence-corrected chi connectivity index (χ3v) is 2.27. The van der Waals surface area contributed by atoms with Crippen LogP contribution in [0.15, 0.2) is 18.2 Å². The second kappa shape index (κ2) is 6.73. The van der Waals surface area contributed by atoms with E-state index in [9.17, 15) is 9.18 Å². The highest BCUT2D eigenvalue weighted by Gasteiger charge is 2.03. The van der Waals surface area contributed by atoms with Gasteiger partial charge >= 0.3 is 5.97 Å². The molecule has 0 amide bonds. The number of carbonyl (C=O) groups is 1. The second-order valence-electron chi connectivity index (χ2n) is 3.46. The zero-order valence-electron chi connectivity index (χ0n) is 9.96. The van der Waals surface area contributed by atoms with Crippen LogP contribution < -0.4 is 10.1 Å². The summed E-state index contributed by atoms with van der Waals surface area (Å²) in [5.74, 6) is -0.431. The maximum absolute atomic E-state index is 13.1. The molecule has 1 aromatic carbocycles. The lowest BCUT2D eigenvalue weighted by Crippen LogP contribution is -2.06. The van der Waals surface area contributed by atoms with Gasteiger partial charge in [-0.15, -0.1) is 0 Å². The summed E-state index contributed by atoms with van der Waals surface area (Å²) in [6.45, 7) is 0.615. The minimum Gasteiger partial charge on any atom is -0.494 e. The molecule has 0 atom stereocenters. The Morgan fingerprint density at radius 2 is 2.18 bits per heavy atom. The van der Waals surface area contributed by atoms with Gasteiger partial charge in [-0.3, -0.25) is 4.79 Å². The van der Waals surface area contributed by atoms with Crippen LogP contribution in [0.3, 0.4) is 0 Å². The smallest absolute Gasteiger partial charge is 0.305 e. The van der Waals surface area contributed by atoms with Gasteiger partial charge in [0, 0.05) is 24.7 Å². The quantitative estimate of drug-likeness (QED) is 0.612. The fourth-order valence-electron chi connectivity index (χ4n) is 1.34. The van der Waals surface area contributed by atoms with Gasteiger partial charge in [-0.2, -0.15) is 0 Å². The summed E-state index contributed by atoms with van der Waals surface area (Å²) in [7, 11) is 2.78.